The second-order valence-electron chi connectivity index (χ2n) is 10.7. The summed E-state index contributed by atoms with van der Waals surface area (Å²) < 4.78 is 0. The first kappa shape index (κ1) is 32.5. The molecule has 0 aromatic heterocycles. The molecule has 10 heteroatoms. The molecule has 0 fully saturated rings. The van der Waals surface area contributed by atoms with Crippen molar-refractivity contribution in [2.45, 2.75) is 77.8 Å². The van der Waals surface area contributed by atoms with E-state index in [1.54, 1.807) is 50.2 Å². The number of carbonyl (C=O) groups is 4. The second kappa shape index (κ2) is 15.7. The Morgan fingerprint density at radius 3 is 1.95 bits per heavy atom. The summed E-state index contributed by atoms with van der Waals surface area (Å²) in [4.78, 5) is 49.3. The molecule has 218 valence electrons. The van der Waals surface area contributed by atoms with Crippen LogP contribution in [-0.4, -0.2) is 57.2 Å². The number of hydrogen-bond acceptors (Lipinski definition) is 6. The Hall–Kier alpha value is -3.76. The largest absolute Gasteiger partial charge is 0.478 e. The Kier molecular flexibility index (Phi) is 12.8. The summed E-state index contributed by atoms with van der Waals surface area (Å²) in [5.41, 5.74) is 1.45. The monoisotopic (exact) mass is 555 g/mol. The first-order chi connectivity index (χ1) is 18.9. The van der Waals surface area contributed by atoms with Crippen LogP contribution in [0.5, 0.6) is 0 Å². The molecule has 2 aromatic carbocycles. The van der Waals surface area contributed by atoms with Gasteiger partial charge in [-0.05, 0) is 41.5 Å². The first-order valence-electron chi connectivity index (χ1n) is 13.5. The summed E-state index contributed by atoms with van der Waals surface area (Å²) >= 11 is 0. The molecule has 0 saturated heterocycles. The average Bonchev–Trinajstić information content (AvgIpc) is 2.90. The van der Waals surface area contributed by atoms with Gasteiger partial charge in [-0.3, -0.25) is 14.4 Å². The molecule has 10 nitrogen and oxygen atoms in total. The lowest BCUT2D eigenvalue weighted by atomic mass is 9.96. The van der Waals surface area contributed by atoms with Crippen molar-refractivity contribution in [2.24, 2.45) is 11.8 Å². The Balaban J connectivity index is 1.95. The number of carbonyl (C=O) groups excluding carboxylic acids is 3. The van der Waals surface area contributed by atoms with Gasteiger partial charge in [0, 0.05) is 6.54 Å². The van der Waals surface area contributed by atoms with Crippen molar-refractivity contribution in [1.29, 1.82) is 0 Å². The fourth-order valence-corrected chi connectivity index (χ4v) is 4.22. The molecule has 2 rings (SSSR count). The first-order valence-corrected chi connectivity index (χ1v) is 13.5. The number of rotatable bonds is 15. The van der Waals surface area contributed by atoms with Crippen LogP contribution in [-0.2, 0) is 20.9 Å². The molecule has 0 bridgehead atoms. The molecule has 2 aromatic rings. The van der Waals surface area contributed by atoms with Crippen molar-refractivity contribution in [3.8, 4) is 0 Å². The number of amides is 3. The molecular weight excluding hydrogens is 514 g/mol. The lowest BCUT2D eigenvalue weighted by Gasteiger charge is -2.27. The van der Waals surface area contributed by atoms with Gasteiger partial charge in [0.1, 0.15) is 6.04 Å². The predicted octanol–water partition coefficient (Wildman–Crippen LogP) is 2.55. The zero-order valence-electron chi connectivity index (χ0n) is 23.5. The Morgan fingerprint density at radius 2 is 1.40 bits per heavy atom. The van der Waals surface area contributed by atoms with Gasteiger partial charge in [-0.1, -0.05) is 70.2 Å². The van der Waals surface area contributed by atoms with Crippen LogP contribution in [0.2, 0.25) is 0 Å². The standard InChI is InChI=1S/C30H41N3O7/c1-18(2)14-23(32-26(36)15-24(34)21-8-6-5-7-9-21)25(35)16-27(37)33-28(19(3)4)29(38)31-17-20-10-12-22(13-11-20)30(39)40/h5-13,18-19,23-25,28,34-35H,14-17H2,1-4H3,(H,31,38)(H,32,36)(H,33,37)(H,39,40)/t23-,24?,25+,28-/m0/s1. The van der Waals surface area contributed by atoms with Crippen LogP contribution in [0.3, 0.4) is 0 Å². The number of benzene rings is 2. The average molecular weight is 556 g/mol. The summed E-state index contributed by atoms with van der Waals surface area (Å²) in [5.74, 6) is -2.58. The summed E-state index contributed by atoms with van der Waals surface area (Å²) in [7, 11) is 0. The number of nitrogens with one attached hydrogen (secondary N) is 3. The van der Waals surface area contributed by atoms with E-state index in [-0.39, 0.29) is 36.8 Å². The lowest BCUT2D eigenvalue weighted by Crippen LogP contribution is -2.51. The molecule has 0 saturated carbocycles. The highest BCUT2D eigenvalue weighted by Gasteiger charge is 2.29. The minimum absolute atomic E-state index is 0.112. The molecule has 0 radical (unpaired) electrons. The zero-order chi connectivity index (χ0) is 29.8. The van der Waals surface area contributed by atoms with E-state index < -0.39 is 48.0 Å². The SMILES string of the molecule is CC(C)C[C@H](NC(=O)CC(O)c1ccccc1)[C@H](O)CC(=O)N[C@H](C(=O)NCc1ccc(C(=O)O)cc1)C(C)C. The number of carboxylic acid groups (broad SMARTS) is 1. The molecule has 0 spiro atoms. The topological polar surface area (TPSA) is 165 Å². The summed E-state index contributed by atoms with van der Waals surface area (Å²) in [5, 5.41) is 38.4. The summed E-state index contributed by atoms with van der Waals surface area (Å²) in [6.45, 7) is 7.57. The van der Waals surface area contributed by atoms with Crippen molar-refractivity contribution in [1.82, 2.24) is 16.0 Å². The molecule has 0 aliphatic rings. The maximum Gasteiger partial charge on any atom is 0.335 e. The van der Waals surface area contributed by atoms with E-state index in [4.69, 9.17) is 5.11 Å². The maximum absolute atomic E-state index is 12.8. The molecule has 0 aliphatic carbocycles. The van der Waals surface area contributed by atoms with Crippen molar-refractivity contribution >= 4 is 23.7 Å². The minimum Gasteiger partial charge on any atom is -0.478 e. The number of aliphatic hydroxyl groups excluding tert-OH is 2. The van der Waals surface area contributed by atoms with Gasteiger partial charge >= 0.3 is 5.97 Å². The van der Waals surface area contributed by atoms with Crippen LogP contribution in [0.1, 0.15) is 74.5 Å². The third kappa shape index (κ3) is 10.8. The van der Waals surface area contributed by atoms with Crippen LogP contribution < -0.4 is 16.0 Å². The van der Waals surface area contributed by atoms with Crippen molar-refractivity contribution in [3.05, 3.63) is 71.3 Å². The van der Waals surface area contributed by atoms with Gasteiger partial charge < -0.3 is 31.3 Å². The highest BCUT2D eigenvalue weighted by atomic mass is 16.4. The van der Waals surface area contributed by atoms with Gasteiger partial charge in [0.15, 0.2) is 0 Å². The van der Waals surface area contributed by atoms with E-state index in [1.165, 1.54) is 12.1 Å². The third-order valence-electron chi connectivity index (χ3n) is 6.43. The van der Waals surface area contributed by atoms with Gasteiger partial charge in [0.2, 0.25) is 17.7 Å². The molecule has 40 heavy (non-hydrogen) atoms. The van der Waals surface area contributed by atoms with E-state index in [9.17, 15) is 29.4 Å². The summed E-state index contributed by atoms with van der Waals surface area (Å²) in [6.07, 6.45) is -2.31. The molecule has 0 heterocycles. The van der Waals surface area contributed by atoms with E-state index >= 15 is 0 Å². The number of hydrogen-bond donors (Lipinski definition) is 6. The summed E-state index contributed by atoms with van der Waals surface area (Å²) in [6, 6.07) is 13.3. The molecule has 3 amide bonds. The third-order valence-corrected chi connectivity index (χ3v) is 6.43. The van der Waals surface area contributed by atoms with Crippen LogP contribution in [0.4, 0.5) is 0 Å². The zero-order valence-corrected chi connectivity index (χ0v) is 23.5. The number of aliphatic hydroxyl groups is 2. The van der Waals surface area contributed by atoms with E-state index in [0.29, 0.717) is 17.5 Å². The predicted molar refractivity (Wildman–Crippen MR) is 150 cm³/mol. The highest BCUT2D eigenvalue weighted by Crippen LogP contribution is 2.17. The Labute approximate surface area is 235 Å². The fourth-order valence-electron chi connectivity index (χ4n) is 4.22. The van der Waals surface area contributed by atoms with Crippen molar-refractivity contribution in [2.75, 3.05) is 0 Å². The van der Waals surface area contributed by atoms with Gasteiger partial charge in [0.05, 0.1) is 36.7 Å². The van der Waals surface area contributed by atoms with Gasteiger partial charge in [0.25, 0.3) is 0 Å². The van der Waals surface area contributed by atoms with Crippen LogP contribution in [0.25, 0.3) is 0 Å². The minimum atomic E-state index is -1.20. The van der Waals surface area contributed by atoms with E-state index in [2.05, 4.69) is 16.0 Å². The van der Waals surface area contributed by atoms with Crippen molar-refractivity contribution in [3.63, 3.8) is 0 Å². The quantitative estimate of drug-likeness (QED) is 0.196. The molecule has 6 N–H and O–H groups in total. The van der Waals surface area contributed by atoms with E-state index in [0.717, 1.165) is 0 Å². The van der Waals surface area contributed by atoms with E-state index in [1.807, 2.05) is 19.9 Å². The van der Waals surface area contributed by atoms with Crippen molar-refractivity contribution < 1.29 is 34.5 Å². The maximum atomic E-state index is 12.8. The lowest BCUT2D eigenvalue weighted by molar-refractivity contribution is -0.132. The second-order valence-corrected chi connectivity index (χ2v) is 10.7. The van der Waals surface area contributed by atoms with Gasteiger partial charge in [-0.2, -0.15) is 0 Å². The fraction of sp³-hybridized carbons (Fsp3) is 0.467. The normalized spacial score (nSPS) is 14.2. The molecule has 0 aliphatic heterocycles. The molecule has 4 atom stereocenters. The Morgan fingerprint density at radius 1 is 0.800 bits per heavy atom. The van der Waals surface area contributed by atoms with Crippen LogP contribution >= 0.6 is 0 Å². The highest BCUT2D eigenvalue weighted by molar-refractivity contribution is 5.88. The van der Waals surface area contributed by atoms with Gasteiger partial charge in [-0.25, -0.2) is 4.79 Å². The van der Waals surface area contributed by atoms with Gasteiger partial charge in [-0.15, -0.1) is 0 Å². The van der Waals surface area contributed by atoms with Crippen LogP contribution in [0, 0.1) is 11.8 Å². The smallest absolute Gasteiger partial charge is 0.335 e. The number of carboxylic acids is 1. The molecular formula is C30H41N3O7. The van der Waals surface area contributed by atoms with Crippen LogP contribution in [0.15, 0.2) is 54.6 Å². The number of aromatic carboxylic acids is 1. The Bertz CT molecular complexity index is 1120. The molecule has 1 unspecified atom stereocenters.